The van der Waals surface area contributed by atoms with Gasteiger partial charge in [0.2, 0.25) is 10.0 Å². The van der Waals surface area contributed by atoms with Crippen LogP contribution in [0, 0.1) is 0 Å². The van der Waals surface area contributed by atoms with Crippen LogP contribution >= 0.6 is 11.6 Å². The van der Waals surface area contributed by atoms with Gasteiger partial charge in [0.15, 0.2) is 0 Å². The van der Waals surface area contributed by atoms with Crippen molar-refractivity contribution in [1.29, 1.82) is 0 Å². The van der Waals surface area contributed by atoms with Gasteiger partial charge in [0.1, 0.15) is 29.0 Å². The molecule has 10 heteroatoms. The number of carbonyl (C=O) groups is 1. The van der Waals surface area contributed by atoms with E-state index in [1.807, 2.05) is 30.3 Å². The molecule has 1 saturated heterocycles. The van der Waals surface area contributed by atoms with E-state index < -0.39 is 22.0 Å². The lowest BCUT2D eigenvalue weighted by Crippen LogP contribution is -2.47. The largest absolute Gasteiger partial charge is 0.491 e. The Hall–Kier alpha value is -2.59. The number of primary amides is 1. The van der Waals surface area contributed by atoms with Crippen molar-refractivity contribution in [1.82, 2.24) is 9.29 Å². The minimum atomic E-state index is -4.05. The second-order valence-corrected chi connectivity index (χ2v) is 9.17. The van der Waals surface area contributed by atoms with Crippen molar-refractivity contribution < 1.29 is 22.7 Å². The van der Waals surface area contributed by atoms with Crippen LogP contribution in [0.5, 0.6) is 5.75 Å². The number of benzene rings is 2. The summed E-state index contributed by atoms with van der Waals surface area (Å²) in [6.07, 6.45) is -0.459. The second-order valence-electron chi connectivity index (χ2n) is 6.86. The van der Waals surface area contributed by atoms with E-state index in [4.69, 9.17) is 26.8 Å². The van der Waals surface area contributed by atoms with Crippen molar-refractivity contribution in [2.24, 2.45) is 5.73 Å². The molecule has 4 rings (SSSR count). The number of ether oxygens (including phenoxy) is 2. The molecule has 0 aliphatic carbocycles. The molecule has 0 bridgehead atoms. The summed E-state index contributed by atoms with van der Waals surface area (Å²) in [6.45, 7) is 0.631. The third kappa shape index (κ3) is 4.01. The number of para-hydroxylation sites is 1. The number of halogens is 1. The summed E-state index contributed by atoms with van der Waals surface area (Å²) in [5.74, 6) is -0.193. The predicted octanol–water partition coefficient (Wildman–Crippen LogP) is 2.39. The average molecular weight is 450 g/mol. The number of fused-ring (bicyclic) bond motifs is 1. The Labute approximate surface area is 178 Å². The van der Waals surface area contributed by atoms with Gasteiger partial charge in [-0.1, -0.05) is 29.8 Å². The van der Waals surface area contributed by atoms with Gasteiger partial charge in [-0.2, -0.15) is 4.31 Å². The molecule has 1 aromatic heterocycles. The highest BCUT2D eigenvalue weighted by molar-refractivity contribution is 7.89. The minimum Gasteiger partial charge on any atom is -0.491 e. The third-order valence-electron chi connectivity index (χ3n) is 4.84. The fourth-order valence-corrected chi connectivity index (χ4v) is 5.39. The van der Waals surface area contributed by atoms with Crippen LogP contribution in [0.4, 0.5) is 0 Å². The lowest BCUT2D eigenvalue weighted by atomic mass is 10.2. The first-order chi connectivity index (χ1) is 14.4. The van der Waals surface area contributed by atoms with Gasteiger partial charge in [0, 0.05) is 29.0 Å². The number of aromatic amines is 1. The highest BCUT2D eigenvalue weighted by atomic mass is 35.5. The van der Waals surface area contributed by atoms with Crippen LogP contribution in [-0.4, -0.2) is 56.0 Å². The molecule has 2 aromatic carbocycles. The van der Waals surface area contributed by atoms with Crippen LogP contribution in [0.15, 0.2) is 53.4 Å². The summed E-state index contributed by atoms with van der Waals surface area (Å²) in [7, 11) is -4.05. The van der Waals surface area contributed by atoms with E-state index in [-0.39, 0.29) is 36.9 Å². The topological polar surface area (TPSA) is 115 Å². The molecule has 0 saturated carbocycles. The fraction of sp³-hybridized carbons (Fsp3) is 0.250. The number of hydrogen-bond acceptors (Lipinski definition) is 5. The van der Waals surface area contributed by atoms with Gasteiger partial charge >= 0.3 is 0 Å². The molecule has 1 aliphatic rings. The SMILES string of the molecule is NC(=O)c1[nH]c2ccc(Cl)cc2c1S(=O)(=O)N1CCO[C@@H](COc2ccccc2)C1. The summed E-state index contributed by atoms with van der Waals surface area (Å²) in [4.78, 5) is 14.6. The van der Waals surface area contributed by atoms with E-state index >= 15 is 0 Å². The van der Waals surface area contributed by atoms with Crippen LogP contribution < -0.4 is 10.5 Å². The lowest BCUT2D eigenvalue weighted by Gasteiger charge is -2.32. The normalized spacial score (nSPS) is 17.8. The zero-order chi connectivity index (χ0) is 21.3. The Morgan fingerprint density at radius 1 is 1.27 bits per heavy atom. The molecular weight excluding hydrogens is 430 g/mol. The van der Waals surface area contributed by atoms with Crippen molar-refractivity contribution >= 4 is 38.4 Å². The molecule has 3 N–H and O–H groups in total. The van der Waals surface area contributed by atoms with E-state index in [0.717, 1.165) is 0 Å². The van der Waals surface area contributed by atoms with E-state index in [9.17, 15) is 13.2 Å². The number of amides is 1. The van der Waals surface area contributed by atoms with E-state index in [2.05, 4.69) is 4.98 Å². The van der Waals surface area contributed by atoms with E-state index in [0.29, 0.717) is 21.7 Å². The number of hydrogen-bond donors (Lipinski definition) is 2. The molecule has 1 fully saturated rings. The molecule has 30 heavy (non-hydrogen) atoms. The molecule has 0 radical (unpaired) electrons. The van der Waals surface area contributed by atoms with Crippen LogP contribution in [0.3, 0.4) is 0 Å². The quantitative estimate of drug-likeness (QED) is 0.599. The molecule has 158 valence electrons. The Morgan fingerprint density at radius 2 is 2.03 bits per heavy atom. The van der Waals surface area contributed by atoms with Gasteiger partial charge in [0.25, 0.3) is 5.91 Å². The standard InChI is InChI=1S/C20H20ClN3O5S/c21-13-6-7-17-16(10-13)19(18(23-17)20(22)25)30(26,27)24-8-9-28-15(11-24)12-29-14-4-2-1-3-5-14/h1-7,10,15,23H,8-9,11-12H2,(H2,22,25)/t15-/m1/s1. The number of sulfonamides is 1. The van der Waals surface area contributed by atoms with E-state index in [1.165, 1.54) is 10.4 Å². The Morgan fingerprint density at radius 3 is 2.77 bits per heavy atom. The molecule has 0 unspecified atom stereocenters. The molecular formula is C20H20ClN3O5S. The summed E-state index contributed by atoms with van der Waals surface area (Å²) < 4.78 is 39.6. The first-order valence-corrected chi connectivity index (χ1v) is 11.1. The molecule has 1 atom stereocenters. The zero-order valence-corrected chi connectivity index (χ0v) is 17.4. The maximum atomic E-state index is 13.5. The van der Waals surface area contributed by atoms with Gasteiger partial charge in [-0.3, -0.25) is 4.79 Å². The van der Waals surface area contributed by atoms with Crippen LogP contribution in [-0.2, 0) is 14.8 Å². The Bertz CT molecular complexity index is 1180. The zero-order valence-electron chi connectivity index (χ0n) is 15.9. The Kier molecular flexibility index (Phi) is 5.70. The van der Waals surface area contributed by atoms with Crippen LogP contribution in [0.1, 0.15) is 10.5 Å². The van der Waals surface area contributed by atoms with Gasteiger partial charge in [-0.05, 0) is 30.3 Å². The van der Waals surface area contributed by atoms with Crippen molar-refractivity contribution in [3.8, 4) is 5.75 Å². The first-order valence-electron chi connectivity index (χ1n) is 9.27. The van der Waals surface area contributed by atoms with Crippen molar-refractivity contribution in [2.45, 2.75) is 11.0 Å². The monoisotopic (exact) mass is 449 g/mol. The van der Waals surface area contributed by atoms with Crippen LogP contribution in [0.2, 0.25) is 5.02 Å². The smallest absolute Gasteiger partial charge is 0.266 e. The lowest BCUT2D eigenvalue weighted by molar-refractivity contribution is -0.0249. The fourth-order valence-electron chi connectivity index (χ4n) is 3.43. The maximum absolute atomic E-state index is 13.5. The highest BCUT2D eigenvalue weighted by Crippen LogP contribution is 2.32. The van der Waals surface area contributed by atoms with E-state index in [1.54, 1.807) is 12.1 Å². The minimum absolute atomic E-state index is 0.0839. The highest BCUT2D eigenvalue weighted by Gasteiger charge is 2.36. The van der Waals surface area contributed by atoms with Gasteiger partial charge < -0.3 is 20.2 Å². The van der Waals surface area contributed by atoms with Gasteiger partial charge in [-0.15, -0.1) is 0 Å². The maximum Gasteiger partial charge on any atom is 0.266 e. The molecule has 1 aliphatic heterocycles. The molecule has 0 spiro atoms. The summed E-state index contributed by atoms with van der Waals surface area (Å²) in [5, 5.41) is 0.671. The number of nitrogens with one attached hydrogen (secondary N) is 1. The van der Waals surface area contributed by atoms with Gasteiger partial charge in [0.05, 0.1) is 6.61 Å². The number of carbonyl (C=O) groups excluding carboxylic acids is 1. The number of nitrogens with two attached hydrogens (primary N) is 1. The number of rotatable bonds is 6. The number of aromatic nitrogens is 1. The summed E-state index contributed by atoms with van der Waals surface area (Å²) in [6, 6.07) is 13.9. The number of morpholine rings is 1. The third-order valence-corrected chi connectivity index (χ3v) is 7.02. The Balaban J connectivity index is 1.62. The molecule has 3 aromatic rings. The van der Waals surface area contributed by atoms with Crippen molar-refractivity contribution in [3.05, 3.63) is 59.2 Å². The molecule has 1 amide bonds. The predicted molar refractivity (Wildman–Crippen MR) is 112 cm³/mol. The van der Waals surface area contributed by atoms with Crippen molar-refractivity contribution in [2.75, 3.05) is 26.3 Å². The second kappa shape index (κ2) is 8.27. The average Bonchev–Trinajstić information content (AvgIpc) is 3.13. The molecule has 8 nitrogen and oxygen atoms in total. The number of H-pyrrole nitrogens is 1. The summed E-state index contributed by atoms with van der Waals surface area (Å²) in [5.41, 5.74) is 5.74. The first kappa shape index (κ1) is 20.7. The van der Waals surface area contributed by atoms with Gasteiger partial charge in [-0.25, -0.2) is 8.42 Å². The van der Waals surface area contributed by atoms with Crippen LogP contribution in [0.25, 0.3) is 10.9 Å². The molecule has 2 heterocycles. The van der Waals surface area contributed by atoms with Crippen molar-refractivity contribution in [3.63, 3.8) is 0 Å². The summed E-state index contributed by atoms with van der Waals surface area (Å²) >= 11 is 6.06. The number of nitrogens with zero attached hydrogens (tertiary/aromatic N) is 1.